The summed E-state index contributed by atoms with van der Waals surface area (Å²) in [5, 5.41) is 8.22. The molecule has 2 heterocycles. The first-order valence-corrected chi connectivity index (χ1v) is 10.2. The number of likely N-dealkylation sites (tertiary alicyclic amines) is 1. The van der Waals surface area contributed by atoms with Crippen LogP contribution in [-0.2, 0) is 16.1 Å². The molecule has 1 aliphatic carbocycles. The predicted molar refractivity (Wildman–Crippen MR) is 108 cm³/mol. The molecule has 1 aromatic rings. The topological polar surface area (TPSA) is 97.9 Å². The zero-order valence-electron chi connectivity index (χ0n) is 17.4. The highest BCUT2D eigenvalue weighted by atomic mass is 16.6. The SMILES string of the molecule is CC(C)(C)OC(=O)CO.NCc1ccc(OC2CCN(CC3CC3)CC2)nc1. The van der Waals surface area contributed by atoms with Crippen molar-refractivity contribution in [1.82, 2.24) is 9.88 Å². The van der Waals surface area contributed by atoms with Gasteiger partial charge >= 0.3 is 5.97 Å². The predicted octanol–water partition coefficient (Wildman–Crippen LogP) is 2.11. The van der Waals surface area contributed by atoms with Crippen LogP contribution in [0.3, 0.4) is 0 Å². The van der Waals surface area contributed by atoms with Gasteiger partial charge < -0.3 is 25.2 Å². The number of aliphatic hydroxyl groups excluding tert-OH is 1. The van der Waals surface area contributed by atoms with Gasteiger partial charge in [0.05, 0.1) is 0 Å². The second kappa shape index (κ2) is 10.7. The summed E-state index contributed by atoms with van der Waals surface area (Å²) in [4.78, 5) is 17.2. The molecule has 0 unspecified atom stereocenters. The van der Waals surface area contributed by atoms with Crippen molar-refractivity contribution in [2.24, 2.45) is 11.7 Å². The van der Waals surface area contributed by atoms with E-state index in [-0.39, 0.29) is 0 Å². The Labute approximate surface area is 168 Å². The first kappa shape index (κ1) is 22.6. The molecule has 3 N–H and O–H groups in total. The molecule has 3 rings (SSSR count). The van der Waals surface area contributed by atoms with Crippen molar-refractivity contribution in [3.05, 3.63) is 23.9 Å². The van der Waals surface area contributed by atoms with E-state index in [1.807, 2.05) is 12.1 Å². The van der Waals surface area contributed by atoms with Crippen LogP contribution in [0.1, 0.15) is 52.0 Å². The fourth-order valence-corrected chi connectivity index (χ4v) is 3.02. The van der Waals surface area contributed by atoms with Crippen molar-refractivity contribution in [1.29, 1.82) is 0 Å². The molecule has 1 saturated heterocycles. The van der Waals surface area contributed by atoms with Gasteiger partial charge in [0.15, 0.2) is 0 Å². The Morgan fingerprint density at radius 1 is 1.25 bits per heavy atom. The quantitative estimate of drug-likeness (QED) is 0.714. The average molecular weight is 394 g/mol. The van der Waals surface area contributed by atoms with Crippen LogP contribution in [0.15, 0.2) is 18.3 Å². The summed E-state index contributed by atoms with van der Waals surface area (Å²) in [5.41, 5.74) is 6.12. The number of piperidine rings is 1. The third-order valence-corrected chi connectivity index (χ3v) is 4.62. The van der Waals surface area contributed by atoms with E-state index in [0.717, 1.165) is 30.2 Å². The number of aromatic nitrogens is 1. The molecule has 0 aromatic carbocycles. The standard InChI is InChI=1S/C15H23N3O.C6H12O3/c16-9-13-3-4-15(17-10-13)19-14-5-7-18(8-6-14)11-12-1-2-12;1-6(2,3)9-5(8)4-7/h3-4,10,12,14H,1-2,5-9,11,16H2;7H,4H2,1-3H3. The van der Waals surface area contributed by atoms with E-state index in [2.05, 4.69) is 9.88 Å². The van der Waals surface area contributed by atoms with Crippen LogP contribution in [0.2, 0.25) is 0 Å². The van der Waals surface area contributed by atoms with E-state index in [4.69, 9.17) is 20.3 Å². The summed E-state index contributed by atoms with van der Waals surface area (Å²) < 4.78 is 10.6. The smallest absolute Gasteiger partial charge is 0.332 e. The van der Waals surface area contributed by atoms with Crippen molar-refractivity contribution in [3.8, 4) is 5.88 Å². The summed E-state index contributed by atoms with van der Waals surface area (Å²) in [6, 6.07) is 3.92. The largest absolute Gasteiger partial charge is 0.474 e. The first-order valence-electron chi connectivity index (χ1n) is 10.2. The van der Waals surface area contributed by atoms with Crippen LogP contribution in [0.25, 0.3) is 0 Å². The number of nitrogens with two attached hydrogens (primary N) is 1. The number of carbonyl (C=O) groups excluding carboxylic acids is 1. The molecule has 1 saturated carbocycles. The van der Waals surface area contributed by atoms with E-state index in [9.17, 15) is 4.79 Å². The van der Waals surface area contributed by atoms with Crippen LogP contribution in [-0.4, -0.2) is 58.9 Å². The van der Waals surface area contributed by atoms with Gasteiger partial charge in [-0.15, -0.1) is 0 Å². The number of rotatable bonds is 6. The second-order valence-corrected chi connectivity index (χ2v) is 8.51. The molecule has 2 aliphatic rings. The number of esters is 1. The molecule has 0 radical (unpaired) electrons. The number of hydrogen-bond acceptors (Lipinski definition) is 7. The lowest BCUT2D eigenvalue weighted by Gasteiger charge is -2.31. The van der Waals surface area contributed by atoms with Crippen LogP contribution in [0, 0.1) is 5.92 Å². The fourth-order valence-electron chi connectivity index (χ4n) is 3.02. The first-order chi connectivity index (χ1) is 13.3. The minimum absolute atomic E-state index is 0.326. The van der Waals surface area contributed by atoms with Crippen LogP contribution >= 0.6 is 0 Å². The molecule has 28 heavy (non-hydrogen) atoms. The molecule has 7 heteroatoms. The van der Waals surface area contributed by atoms with Crippen molar-refractivity contribution in [2.45, 2.75) is 64.7 Å². The third kappa shape index (κ3) is 8.99. The number of pyridine rings is 1. The lowest BCUT2D eigenvalue weighted by atomic mass is 10.1. The highest BCUT2D eigenvalue weighted by Gasteiger charge is 2.27. The van der Waals surface area contributed by atoms with Gasteiger partial charge in [-0.2, -0.15) is 0 Å². The number of carbonyl (C=O) groups is 1. The normalized spacial score (nSPS) is 18.2. The van der Waals surface area contributed by atoms with E-state index in [0.29, 0.717) is 12.6 Å². The van der Waals surface area contributed by atoms with Crippen LogP contribution in [0.5, 0.6) is 5.88 Å². The molecule has 0 spiro atoms. The number of nitrogens with zero attached hydrogens (tertiary/aromatic N) is 2. The maximum absolute atomic E-state index is 10.4. The van der Waals surface area contributed by atoms with Gasteiger partial charge in [-0.05, 0) is 57.9 Å². The van der Waals surface area contributed by atoms with Crippen molar-refractivity contribution in [3.63, 3.8) is 0 Å². The minimum atomic E-state index is -0.581. The second-order valence-electron chi connectivity index (χ2n) is 8.51. The van der Waals surface area contributed by atoms with Gasteiger partial charge in [-0.25, -0.2) is 9.78 Å². The molecule has 0 atom stereocenters. The Bertz CT molecular complexity index is 589. The number of aliphatic hydroxyl groups is 1. The monoisotopic (exact) mass is 393 g/mol. The molecule has 0 bridgehead atoms. The van der Waals surface area contributed by atoms with E-state index < -0.39 is 18.2 Å². The van der Waals surface area contributed by atoms with Gasteiger partial charge in [0, 0.05) is 38.4 Å². The molecule has 7 nitrogen and oxygen atoms in total. The van der Waals surface area contributed by atoms with Gasteiger partial charge in [0.25, 0.3) is 0 Å². The highest BCUT2D eigenvalue weighted by molar-refractivity contribution is 5.70. The maximum atomic E-state index is 10.4. The Morgan fingerprint density at radius 2 is 1.93 bits per heavy atom. The average Bonchev–Trinajstić information content (AvgIpc) is 3.47. The molecule has 2 fully saturated rings. The molecule has 1 aromatic heterocycles. The number of hydrogen-bond donors (Lipinski definition) is 2. The summed E-state index contributed by atoms with van der Waals surface area (Å²) in [5.74, 6) is 1.14. The van der Waals surface area contributed by atoms with E-state index in [1.165, 1.54) is 32.5 Å². The van der Waals surface area contributed by atoms with E-state index in [1.54, 1.807) is 27.0 Å². The lowest BCUT2D eigenvalue weighted by molar-refractivity contribution is -0.158. The summed E-state index contributed by atoms with van der Waals surface area (Å²) in [7, 11) is 0. The highest BCUT2D eigenvalue weighted by Crippen LogP contribution is 2.30. The van der Waals surface area contributed by atoms with E-state index >= 15 is 0 Å². The summed E-state index contributed by atoms with van der Waals surface area (Å²) >= 11 is 0. The summed E-state index contributed by atoms with van der Waals surface area (Å²) in [6.07, 6.45) is 7.24. The Hall–Kier alpha value is -1.70. The van der Waals surface area contributed by atoms with Gasteiger partial charge in [0.1, 0.15) is 18.3 Å². The Morgan fingerprint density at radius 3 is 2.36 bits per heavy atom. The zero-order valence-corrected chi connectivity index (χ0v) is 17.4. The molecule has 0 amide bonds. The minimum Gasteiger partial charge on any atom is -0.474 e. The van der Waals surface area contributed by atoms with Crippen LogP contribution < -0.4 is 10.5 Å². The number of ether oxygens (including phenoxy) is 2. The molecular formula is C21H35N3O4. The fraction of sp³-hybridized carbons (Fsp3) is 0.714. The van der Waals surface area contributed by atoms with Gasteiger partial charge in [-0.1, -0.05) is 6.07 Å². The Kier molecular flexibility index (Phi) is 8.66. The van der Waals surface area contributed by atoms with Gasteiger partial charge in [0.2, 0.25) is 5.88 Å². The lowest BCUT2D eigenvalue weighted by Crippen LogP contribution is -2.39. The van der Waals surface area contributed by atoms with Gasteiger partial charge in [-0.3, -0.25) is 0 Å². The molecular weight excluding hydrogens is 358 g/mol. The zero-order chi connectivity index (χ0) is 20.6. The van der Waals surface area contributed by atoms with Crippen molar-refractivity contribution in [2.75, 3.05) is 26.2 Å². The third-order valence-electron chi connectivity index (χ3n) is 4.62. The molecule has 1 aliphatic heterocycles. The van der Waals surface area contributed by atoms with Crippen molar-refractivity contribution < 1.29 is 19.4 Å². The summed E-state index contributed by atoms with van der Waals surface area (Å²) in [6.45, 7) is 8.88. The Balaban J connectivity index is 0.000000266. The maximum Gasteiger partial charge on any atom is 0.332 e. The van der Waals surface area contributed by atoms with Crippen LogP contribution in [0.4, 0.5) is 0 Å². The molecule has 158 valence electrons. The van der Waals surface area contributed by atoms with Crippen molar-refractivity contribution >= 4 is 5.97 Å².